The number of rotatable bonds is 10. The zero-order chi connectivity index (χ0) is 26.5. The van der Waals surface area contributed by atoms with Gasteiger partial charge >= 0.3 is 0 Å². The number of amides is 1. The molecule has 0 saturated carbocycles. The molecule has 36 heavy (non-hydrogen) atoms. The minimum Gasteiger partial charge on any atom is -0.484 e. The van der Waals surface area contributed by atoms with Crippen LogP contribution in [0.1, 0.15) is 11.1 Å². The standard InChI is InChI=1S/C24H26ClN3O6S2/c1-17-4-7-19(14-23(17)25)27-35(30,31)21-12-8-20(9-13-21)34-16-24(29)26-15-18-5-10-22(11-6-18)36(32,33)28(2)3/h4-14,27H,15-16H2,1-3H3,(H,26,29). The van der Waals surface area contributed by atoms with Crippen LogP contribution in [0.5, 0.6) is 5.75 Å². The third-order valence-corrected chi connectivity index (χ3v) is 8.75. The maximum atomic E-state index is 12.6. The number of halogens is 1. The summed E-state index contributed by atoms with van der Waals surface area (Å²) in [6.45, 7) is 1.73. The van der Waals surface area contributed by atoms with Crippen LogP contribution >= 0.6 is 11.6 Å². The van der Waals surface area contributed by atoms with Gasteiger partial charge in [0.15, 0.2) is 6.61 Å². The van der Waals surface area contributed by atoms with Crippen LogP contribution in [0.3, 0.4) is 0 Å². The Morgan fingerprint density at radius 1 is 0.917 bits per heavy atom. The molecule has 0 saturated heterocycles. The predicted octanol–water partition coefficient (Wildman–Crippen LogP) is 3.39. The molecule has 0 aromatic heterocycles. The lowest BCUT2D eigenvalue weighted by Gasteiger charge is -2.12. The number of hydrogen-bond acceptors (Lipinski definition) is 6. The highest BCUT2D eigenvalue weighted by molar-refractivity contribution is 7.92. The molecule has 9 nitrogen and oxygen atoms in total. The Labute approximate surface area is 216 Å². The predicted molar refractivity (Wildman–Crippen MR) is 138 cm³/mol. The van der Waals surface area contributed by atoms with Crippen LogP contribution in [0.2, 0.25) is 5.02 Å². The number of sulfonamides is 2. The maximum absolute atomic E-state index is 12.6. The van der Waals surface area contributed by atoms with E-state index >= 15 is 0 Å². The van der Waals surface area contributed by atoms with Crippen LogP contribution in [0.15, 0.2) is 76.5 Å². The van der Waals surface area contributed by atoms with Crippen LogP contribution in [-0.4, -0.2) is 47.8 Å². The Balaban J connectivity index is 1.51. The highest BCUT2D eigenvalue weighted by Gasteiger charge is 2.17. The van der Waals surface area contributed by atoms with Crippen LogP contribution < -0.4 is 14.8 Å². The smallest absolute Gasteiger partial charge is 0.261 e. The van der Waals surface area contributed by atoms with Crippen molar-refractivity contribution >= 4 is 43.2 Å². The van der Waals surface area contributed by atoms with Gasteiger partial charge in [0.1, 0.15) is 5.75 Å². The van der Waals surface area contributed by atoms with E-state index < -0.39 is 26.0 Å². The molecule has 0 aliphatic heterocycles. The highest BCUT2D eigenvalue weighted by atomic mass is 35.5. The van der Waals surface area contributed by atoms with E-state index in [1.54, 1.807) is 24.3 Å². The van der Waals surface area contributed by atoms with Gasteiger partial charge in [-0.2, -0.15) is 0 Å². The number of anilines is 1. The monoisotopic (exact) mass is 551 g/mol. The molecule has 192 valence electrons. The third kappa shape index (κ3) is 6.97. The molecular weight excluding hydrogens is 526 g/mol. The average molecular weight is 552 g/mol. The Morgan fingerprint density at radius 2 is 1.53 bits per heavy atom. The summed E-state index contributed by atoms with van der Waals surface area (Å²) in [7, 11) is -4.44. The number of benzene rings is 3. The van der Waals surface area contributed by atoms with Gasteiger partial charge in [-0.15, -0.1) is 0 Å². The lowest BCUT2D eigenvalue weighted by Crippen LogP contribution is -2.28. The fraction of sp³-hybridized carbons (Fsp3) is 0.208. The summed E-state index contributed by atoms with van der Waals surface area (Å²) in [5.74, 6) is -0.0738. The zero-order valence-electron chi connectivity index (χ0n) is 19.9. The van der Waals surface area contributed by atoms with E-state index in [2.05, 4.69) is 10.0 Å². The van der Waals surface area contributed by atoms with Gasteiger partial charge in [-0.05, 0) is 66.6 Å². The first kappa shape index (κ1) is 27.5. The zero-order valence-corrected chi connectivity index (χ0v) is 22.2. The average Bonchev–Trinajstić information content (AvgIpc) is 2.84. The second-order valence-electron chi connectivity index (χ2n) is 8.04. The summed E-state index contributed by atoms with van der Waals surface area (Å²) < 4.78 is 58.5. The molecular formula is C24H26ClN3O6S2. The molecule has 0 unspecified atom stereocenters. The maximum Gasteiger partial charge on any atom is 0.261 e. The lowest BCUT2D eigenvalue weighted by atomic mass is 10.2. The lowest BCUT2D eigenvalue weighted by molar-refractivity contribution is -0.123. The van der Waals surface area contributed by atoms with Crippen molar-refractivity contribution in [1.82, 2.24) is 9.62 Å². The SMILES string of the molecule is Cc1ccc(NS(=O)(=O)c2ccc(OCC(=O)NCc3ccc(S(=O)(=O)N(C)C)cc3)cc2)cc1Cl. The van der Waals surface area contributed by atoms with Gasteiger partial charge in [-0.1, -0.05) is 29.8 Å². The summed E-state index contributed by atoms with van der Waals surface area (Å²) in [6, 6.07) is 16.7. The fourth-order valence-electron chi connectivity index (χ4n) is 2.98. The molecule has 2 N–H and O–H groups in total. The summed E-state index contributed by atoms with van der Waals surface area (Å²) in [4.78, 5) is 12.3. The molecule has 0 aliphatic carbocycles. The van der Waals surface area contributed by atoms with E-state index in [9.17, 15) is 21.6 Å². The minimum atomic E-state index is -3.83. The fourth-order valence-corrected chi connectivity index (χ4v) is 5.11. The Morgan fingerprint density at radius 3 is 2.11 bits per heavy atom. The third-order valence-electron chi connectivity index (χ3n) is 5.12. The highest BCUT2D eigenvalue weighted by Crippen LogP contribution is 2.23. The second-order valence-corrected chi connectivity index (χ2v) is 12.3. The van der Waals surface area contributed by atoms with E-state index in [1.807, 2.05) is 6.92 Å². The second kappa shape index (κ2) is 11.3. The van der Waals surface area contributed by atoms with Crippen molar-refractivity contribution < 1.29 is 26.4 Å². The normalized spacial score (nSPS) is 11.8. The van der Waals surface area contributed by atoms with Crippen LogP contribution in [-0.2, 0) is 31.4 Å². The van der Waals surface area contributed by atoms with E-state index in [1.165, 1.54) is 56.6 Å². The van der Waals surface area contributed by atoms with Gasteiger partial charge in [0.05, 0.1) is 15.5 Å². The minimum absolute atomic E-state index is 0.0238. The van der Waals surface area contributed by atoms with Crippen LogP contribution in [0.25, 0.3) is 0 Å². The molecule has 0 radical (unpaired) electrons. The summed E-state index contributed by atoms with van der Waals surface area (Å²) in [6.07, 6.45) is 0. The van der Waals surface area contributed by atoms with Gasteiger partial charge in [0.2, 0.25) is 10.0 Å². The van der Waals surface area contributed by atoms with Crippen molar-refractivity contribution in [2.24, 2.45) is 0 Å². The van der Waals surface area contributed by atoms with Crippen molar-refractivity contribution in [1.29, 1.82) is 0 Å². The topological polar surface area (TPSA) is 122 Å². The first-order valence-corrected chi connectivity index (χ1v) is 14.0. The number of hydrogen-bond donors (Lipinski definition) is 2. The van der Waals surface area contributed by atoms with Gasteiger partial charge in [0, 0.05) is 25.7 Å². The van der Waals surface area contributed by atoms with Crippen molar-refractivity contribution in [3.05, 3.63) is 82.9 Å². The van der Waals surface area contributed by atoms with Crippen LogP contribution in [0, 0.1) is 6.92 Å². The number of carbonyl (C=O) groups excluding carboxylic acids is 1. The van der Waals surface area contributed by atoms with E-state index in [0.29, 0.717) is 16.5 Å². The van der Waals surface area contributed by atoms with Crippen molar-refractivity contribution in [2.45, 2.75) is 23.3 Å². The van der Waals surface area contributed by atoms with Crippen molar-refractivity contribution in [2.75, 3.05) is 25.4 Å². The van der Waals surface area contributed by atoms with Crippen molar-refractivity contribution in [3.8, 4) is 5.75 Å². The van der Waals surface area contributed by atoms with E-state index in [-0.39, 0.29) is 22.9 Å². The van der Waals surface area contributed by atoms with E-state index in [4.69, 9.17) is 16.3 Å². The number of carbonyl (C=O) groups is 1. The summed E-state index contributed by atoms with van der Waals surface area (Å²) in [5.41, 5.74) is 1.90. The Hall–Kier alpha value is -3.12. The molecule has 0 heterocycles. The molecule has 12 heteroatoms. The number of nitrogens with zero attached hydrogens (tertiary/aromatic N) is 1. The molecule has 1 amide bonds. The Kier molecular flexibility index (Phi) is 8.62. The molecule has 0 aliphatic rings. The molecule has 3 rings (SSSR count). The van der Waals surface area contributed by atoms with Crippen LogP contribution in [0.4, 0.5) is 5.69 Å². The largest absolute Gasteiger partial charge is 0.484 e. The van der Waals surface area contributed by atoms with Gasteiger partial charge in [0.25, 0.3) is 15.9 Å². The number of ether oxygens (including phenoxy) is 1. The molecule has 3 aromatic carbocycles. The molecule has 0 bridgehead atoms. The molecule has 0 spiro atoms. The Bertz CT molecular complexity index is 1440. The molecule has 0 atom stereocenters. The van der Waals surface area contributed by atoms with Gasteiger partial charge in [-0.3, -0.25) is 9.52 Å². The summed E-state index contributed by atoms with van der Waals surface area (Å²) in [5, 5.41) is 3.13. The summed E-state index contributed by atoms with van der Waals surface area (Å²) >= 11 is 6.05. The first-order valence-electron chi connectivity index (χ1n) is 10.7. The van der Waals surface area contributed by atoms with Gasteiger partial charge < -0.3 is 10.1 Å². The number of aryl methyl sites for hydroxylation is 1. The first-order chi connectivity index (χ1) is 16.9. The number of nitrogens with one attached hydrogen (secondary N) is 2. The molecule has 0 fully saturated rings. The quantitative estimate of drug-likeness (QED) is 0.398. The molecule has 3 aromatic rings. The van der Waals surface area contributed by atoms with Crippen molar-refractivity contribution in [3.63, 3.8) is 0 Å². The van der Waals surface area contributed by atoms with Gasteiger partial charge in [-0.25, -0.2) is 21.1 Å². The van der Waals surface area contributed by atoms with E-state index in [0.717, 1.165) is 15.4 Å².